The fourth-order valence-corrected chi connectivity index (χ4v) is 1.42. The zero-order valence-electron chi connectivity index (χ0n) is 7.42. The molecule has 0 aliphatic rings. The summed E-state index contributed by atoms with van der Waals surface area (Å²) in [6, 6.07) is 2.96. The van der Waals surface area contributed by atoms with Crippen molar-refractivity contribution < 1.29 is 5.11 Å². The Labute approximate surface area is 82.6 Å². The first-order valence-corrected chi connectivity index (χ1v) is 4.31. The first-order valence-electron chi connectivity index (χ1n) is 3.93. The predicted molar refractivity (Wildman–Crippen MR) is 55.0 cm³/mol. The molecule has 0 saturated carbocycles. The van der Waals surface area contributed by atoms with Crippen molar-refractivity contribution in [2.45, 2.75) is 13.0 Å². The molecule has 0 aromatic heterocycles. The molecule has 13 heavy (non-hydrogen) atoms. The van der Waals surface area contributed by atoms with Gasteiger partial charge in [-0.1, -0.05) is 17.7 Å². The lowest BCUT2D eigenvalue weighted by molar-refractivity contribution is 0.462. The number of phenols is 1. The summed E-state index contributed by atoms with van der Waals surface area (Å²) in [6.45, 7) is 5.34. The van der Waals surface area contributed by atoms with Crippen molar-refractivity contribution in [3.63, 3.8) is 0 Å². The van der Waals surface area contributed by atoms with Gasteiger partial charge in [-0.2, -0.15) is 0 Å². The van der Waals surface area contributed by atoms with E-state index in [0.717, 1.165) is 5.56 Å². The van der Waals surface area contributed by atoms with Crippen LogP contribution in [0.1, 0.15) is 17.2 Å². The minimum absolute atomic E-state index is 0.191. The Morgan fingerprint density at radius 3 is 2.77 bits per heavy atom. The Hall–Kier alpha value is -0.990. The molecule has 0 spiro atoms. The van der Waals surface area contributed by atoms with E-state index in [1.54, 1.807) is 25.1 Å². The minimum Gasteiger partial charge on any atom is -0.507 e. The molecule has 0 bridgehead atoms. The zero-order valence-corrected chi connectivity index (χ0v) is 8.17. The van der Waals surface area contributed by atoms with Gasteiger partial charge in [-0.25, -0.2) is 0 Å². The molecule has 0 unspecified atom stereocenters. The van der Waals surface area contributed by atoms with Crippen LogP contribution in [-0.2, 0) is 0 Å². The second-order valence-corrected chi connectivity index (χ2v) is 3.36. The van der Waals surface area contributed by atoms with Gasteiger partial charge in [0.2, 0.25) is 0 Å². The van der Waals surface area contributed by atoms with Gasteiger partial charge in [0.15, 0.2) is 0 Å². The van der Waals surface area contributed by atoms with Crippen molar-refractivity contribution in [3.8, 4) is 5.75 Å². The molecule has 0 aliphatic carbocycles. The highest BCUT2D eigenvalue weighted by atomic mass is 35.5. The van der Waals surface area contributed by atoms with Gasteiger partial charge in [0, 0.05) is 10.6 Å². The Morgan fingerprint density at radius 1 is 1.62 bits per heavy atom. The third-order valence-corrected chi connectivity index (χ3v) is 2.13. The van der Waals surface area contributed by atoms with Gasteiger partial charge in [-0.05, 0) is 24.6 Å². The summed E-state index contributed by atoms with van der Waals surface area (Å²) in [5, 5.41) is 10.2. The molecule has 1 rings (SSSR count). The fraction of sp³-hybridized carbons (Fsp3) is 0.200. The number of hydrogen-bond donors (Lipinski definition) is 2. The summed E-state index contributed by atoms with van der Waals surface area (Å²) < 4.78 is 0. The molecule has 3 heteroatoms. The largest absolute Gasteiger partial charge is 0.507 e. The van der Waals surface area contributed by atoms with E-state index in [4.69, 9.17) is 17.3 Å². The van der Waals surface area contributed by atoms with Crippen LogP contribution in [0, 0.1) is 6.92 Å². The second-order valence-electron chi connectivity index (χ2n) is 2.92. The van der Waals surface area contributed by atoms with Crippen LogP contribution in [-0.4, -0.2) is 5.11 Å². The smallest absolute Gasteiger partial charge is 0.123 e. The molecule has 0 saturated heterocycles. The standard InChI is InChI=1S/C10H12ClNO/c1-3-9(12)8-5-7(11)4-6(2)10(8)13/h3-5,9,13H,1,12H2,2H3/t9-/m1/s1. The van der Waals surface area contributed by atoms with Crippen LogP contribution in [0.5, 0.6) is 5.75 Å². The molecule has 1 aromatic carbocycles. The molecule has 2 nitrogen and oxygen atoms in total. The van der Waals surface area contributed by atoms with Crippen LogP contribution < -0.4 is 5.73 Å². The van der Waals surface area contributed by atoms with Gasteiger partial charge in [0.05, 0.1) is 6.04 Å². The van der Waals surface area contributed by atoms with E-state index >= 15 is 0 Å². The van der Waals surface area contributed by atoms with Crippen molar-refractivity contribution in [2.24, 2.45) is 5.73 Å². The van der Waals surface area contributed by atoms with Gasteiger partial charge >= 0.3 is 0 Å². The average Bonchev–Trinajstić information content (AvgIpc) is 2.10. The summed E-state index contributed by atoms with van der Waals surface area (Å²) in [5.41, 5.74) is 7.03. The van der Waals surface area contributed by atoms with Gasteiger partial charge < -0.3 is 10.8 Å². The van der Waals surface area contributed by atoms with Gasteiger partial charge in [-0.15, -0.1) is 6.58 Å². The molecule has 1 atom stereocenters. The molecule has 0 heterocycles. The highest BCUT2D eigenvalue weighted by Gasteiger charge is 2.10. The van der Waals surface area contributed by atoms with Crippen LogP contribution in [0.25, 0.3) is 0 Å². The highest BCUT2D eigenvalue weighted by Crippen LogP contribution is 2.30. The van der Waals surface area contributed by atoms with E-state index in [2.05, 4.69) is 6.58 Å². The Kier molecular flexibility index (Phi) is 2.96. The summed E-state index contributed by atoms with van der Waals surface area (Å²) in [4.78, 5) is 0. The molecular formula is C10H12ClNO. The summed E-state index contributed by atoms with van der Waals surface area (Å²) in [7, 11) is 0. The second kappa shape index (κ2) is 3.81. The third kappa shape index (κ3) is 2.02. The maximum atomic E-state index is 9.64. The lowest BCUT2D eigenvalue weighted by Crippen LogP contribution is -2.07. The molecule has 3 N–H and O–H groups in total. The Bertz CT molecular complexity index is 336. The molecular weight excluding hydrogens is 186 g/mol. The first kappa shape index (κ1) is 10.1. The van der Waals surface area contributed by atoms with E-state index in [1.807, 2.05) is 0 Å². The first-order chi connectivity index (χ1) is 6.06. The van der Waals surface area contributed by atoms with Gasteiger partial charge in [0.25, 0.3) is 0 Å². The monoisotopic (exact) mass is 197 g/mol. The van der Waals surface area contributed by atoms with E-state index in [0.29, 0.717) is 10.6 Å². The Balaban J connectivity index is 3.27. The number of nitrogens with two attached hydrogens (primary N) is 1. The lowest BCUT2D eigenvalue weighted by Gasteiger charge is -2.11. The third-order valence-electron chi connectivity index (χ3n) is 1.91. The van der Waals surface area contributed by atoms with Gasteiger partial charge in [0.1, 0.15) is 5.75 Å². The quantitative estimate of drug-likeness (QED) is 0.716. The molecule has 0 aliphatic heterocycles. The predicted octanol–water partition coefficient (Wildman–Crippen LogP) is 2.54. The number of aryl methyl sites for hydroxylation is 1. The fourth-order valence-electron chi connectivity index (χ4n) is 1.14. The van der Waals surface area contributed by atoms with Crippen molar-refractivity contribution in [1.82, 2.24) is 0 Å². The molecule has 1 aromatic rings. The topological polar surface area (TPSA) is 46.2 Å². The number of benzene rings is 1. The van der Waals surface area contributed by atoms with Crippen LogP contribution in [0.2, 0.25) is 5.02 Å². The van der Waals surface area contributed by atoms with Crippen LogP contribution in [0.4, 0.5) is 0 Å². The summed E-state index contributed by atoms with van der Waals surface area (Å²) >= 11 is 5.82. The summed E-state index contributed by atoms with van der Waals surface area (Å²) in [5.74, 6) is 0.191. The number of halogens is 1. The lowest BCUT2D eigenvalue weighted by atomic mass is 10.0. The summed E-state index contributed by atoms with van der Waals surface area (Å²) in [6.07, 6.45) is 1.56. The van der Waals surface area contributed by atoms with E-state index in [-0.39, 0.29) is 11.8 Å². The maximum Gasteiger partial charge on any atom is 0.123 e. The van der Waals surface area contributed by atoms with Crippen LogP contribution >= 0.6 is 11.6 Å². The van der Waals surface area contributed by atoms with Crippen molar-refractivity contribution in [3.05, 3.63) is 40.9 Å². The normalized spacial score (nSPS) is 12.5. The number of aromatic hydroxyl groups is 1. The number of rotatable bonds is 2. The van der Waals surface area contributed by atoms with Crippen LogP contribution in [0.3, 0.4) is 0 Å². The molecule has 0 amide bonds. The maximum absolute atomic E-state index is 9.64. The zero-order chi connectivity index (χ0) is 10.0. The average molecular weight is 198 g/mol. The van der Waals surface area contributed by atoms with Crippen molar-refractivity contribution in [2.75, 3.05) is 0 Å². The molecule has 70 valence electrons. The Morgan fingerprint density at radius 2 is 2.23 bits per heavy atom. The van der Waals surface area contributed by atoms with Gasteiger partial charge in [-0.3, -0.25) is 0 Å². The van der Waals surface area contributed by atoms with Crippen molar-refractivity contribution >= 4 is 11.6 Å². The van der Waals surface area contributed by atoms with E-state index in [1.165, 1.54) is 0 Å². The van der Waals surface area contributed by atoms with Crippen molar-refractivity contribution in [1.29, 1.82) is 0 Å². The SMILES string of the molecule is C=C[C@@H](N)c1cc(Cl)cc(C)c1O. The highest BCUT2D eigenvalue weighted by molar-refractivity contribution is 6.30. The van der Waals surface area contributed by atoms with Crippen LogP contribution in [0.15, 0.2) is 24.8 Å². The number of hydrogen-bond acceptors (Lipinski definition) is 2. The minimum atomic E-state index is -0.377. The number of phenolic OH excluding ortho intramolecular Hbond substituents is 1. The van der Waals surface area contributed by atoms with E-state index in [9.17, 15) is 5.11 Å². The molecule has 0 fully saturated rings. The molecule has 0 radical (unpaired) electrons. The van der Waals surface area contributed by atoms with E-state index < -0.39 is 0 Å².